The van der Waals surface area contributed by atoms with Crippen LogP contribution in [0.15, 0.2) is 53.5 Å². The van der Waals surface area contributed by atoms with E-state index in [1.54, 1.807) is 14.2 Å². The van der Waals surface area contributed by atoms with Crippen LogP contribution in [0.4, 0.5) is 0 Å². The topological polar surface area (TPSA) is 66.0 Å². The first kappa shape index (κ1) is 23.7. The standard InChI is InChI=1S/C21H28N4O2.HI/c1-16-6-5-7-18(14-16)20(26)23-12-13-24-21(22-2)25(3)15-17-8-10-19(27-4)11-9-17;/h5-11,14H,12-13,15H2,1-4H3,(H,22,24)(H,23,26);1H. The number of rotatable bonds is 7. The van der Waals surface area contributed by atoms with Crippen molar-refractivity contribution in [3.63, 3.8) is 0 Å². The number of aryl methyl sites for hydroxylation is 1. The van der Waals surface area contributed by atoms with Crippen LogP contribution < -0.4 is 15.4 Å². The second-order valence-electron chi connectivity index (χ2n) is 6.30. The van der Waals surface area contributed by atoms with E-state index in [9.17, 15) is 4.79 Å². The Morgan fingerprint density at radius 2 is 1.79 bits per heavy atom. The Morgan fingerprint density at radius 1 is 1.11 bits per heavy atom. The summed E-state index contributed by atoms with van der Waals surface area (Å²) in [7, 11) is 5.38. The van der Waals surface area contributed by atoms with E-state index in [0.717, 1.165) is 29.4 Å². The highest BCUT2D eigenvalue weighted by molar-refractivity contribution is 14.0. The fourth-order valence-electron chi connectivity index (χ4n) is 2.70. The lowest BCUT2D eigenvalue weighted by Gasteiger charge is -2.22. The molecule has 0 bridgehead atoms. The van der Waals surface area contributed by atoms with Gasteiger partial charge in [0.25, 0.3) is 5.91 Å². The van der Waals surface area contributed by atoms with Crippen molar-refractivity contribution in [1.82, 2.24) is 15.5 Å². The first-order chi connectivity index (χ1) is 13.0. The third-order valence-corrected chi connectivity index (χ3v) is 4.13. The number of ether oxygens (including phenoxy) is 1. The van der Waals surface area contributed by atoms with E-state index in [0.29, 0.717) is 18.7 Å². The lowest BCUT2D eigenvalue weighted by Crippen LogP contribution is -2.42. The first-order valence-corrected chi connectivity index (χ1v) is 8.93. The lowest BCUT2D eigenvalue weighted by molar-refractivity contribution is 0.0954. The van der Waals surface area contributed by atoms with E-state index in [1.807, 2.05) is 67.4 Å². The number of carbonyl (C=O) groups is 1. The summed E-state index contributed by atoms with van der Waals surface area (Å²) in [4.78, 5) is 18.5. The molecule has 0 heterocycles. The molecule has 1 amide bonds. The minimum Gasteiger partial charge on any atom is -0.497 e. The van der Waals surface area contributed by atoms with Gasteiger partial charge in [-0.25, -0.2) is 0 Å². The zero-order valence-corrected chi connectivity index (χ0v) is 19.2. The van der Waals surface area contributed by atoms with Gasteiger partial charge in [0.15, 0.2) is 5.96 Å². The summed E-state index contributed by atoms with van der Waals surface area (Å²) in [6.45, 7) is 3.81. The smallest absolute Gasteiger partial charge is 0.251 e. The van der Waals surface area contributed by atoms with E-state index in [-0.39, 0.29) is 29.9 Å². The minimum atomic E-state index is -0.0675. The highest BCUT2D eigenvalue weighted by Gasteiger charge is 2.08. The van der Waals surface area contributed by atoms with Gasteiger partial charge in [-0.15, -0.1) is 24.0 Å². The van der Waals surface area contributed by atoms with Gasteiger partial charge in [-0.2, -0.15) is 0 Å². The molecule has 0 aliphatic carbocycles. The van der Waals surface area contributed by atoms with Crippen LogP contribution in [0.5, 0.6) is 5.75 Å². The van der Waals surface area contributed by atoms with Gasteiger partial charge < -0.3 is 20.3 Å². The number of carbonyl (C=O) groups excluding carboxylic acids is 1. The molecule has 2 N–H and O–H groups in total. The molecule has 0 spiro atoms. The summed E-state index contributed by atoms with van der Waals surface area (Å²) in [6.07, 6.45) is 0. The van der Waals surface area contributed by atoms with Gasteiger partial charge in [-0.3, -0.25) is 9.79 Å². The second-order valence-corrected chi connectivity index (χ2v) is 6.30. The van der Waals surface area contributed by atoms with Gasteiger partial charge in [-0.05, 0) is 36.8 Å². The summed E-state index contributed by atoms with van der Waals surface area (Å²) in [5.41, 5.74) is 2.91. The van der Waals surface area contributed by atoms with E-state index >= 15 is 0 Å². The molecular formula is C21H29IN4O2. The van der Waals surface area contributed by atoms with Crippen molar-refractivity contribution in [2.45, 2.75) is 13.5 Å². The minimum absolute atomic E-state index is 0. The molecule has 0 saturated carbocycles. The molecule has 2 rings (SSSR count). The predicted molar refractivity (Wildman–Crippen MR) is 125 cm³/mol. The number of guanidine groups is 1. The number of methoxy groups -OCH3 is 1. The van der Waals surface area contributed by atoms with Crippen LogP contribution in [0.25, 0.3) is 0 Å². The van der Waals surface area contributed by atoms with Crippen LogP contribution in [-0.2, 0) is 6.54 Å². The van der Waals surface area contributed by atoms with Crippen molar-refractivity contribution in [3.05, 3.63) is 65.2 Å². The Bertz CT molecular complexity index is 778. The maximum atomic E-state index is 12.1. The summed E-state index contributed by atoms with van der Waals surface area (Å²) < 4.78 is 5.18. The Balaban J connectivity index is 0.00000392. The third kappa shape index (κ3) is 7.38. The number of amides is 1. The molecule has 2 aromatic rings. The number of benzene rings is 2. The summed E-state index contributed by atoms with van der Waals surface area (Å²) in [5, 5.41) is 6.18. The highest BCUT2D eigenvalue weighted by atomic mass is 127. The molecule has 28 heavy (non-hydrogen) atoms. The van der Waals surface area contributed by atoms with Crippen molar-refractivity contribution < 1.29 is 9.53 Å². The van der Waals surface area contributed by atoms with Gasteiger partial charge in [0.2, 0.25) is 0 Å². The Kier molecular flexibility index (Phi) is 10.4. The molecular weight excluding hydrogens is 467 g/mol. The highest BCUT2D eigenvalue weighted by Crippen LogP contribution is 2.12. The van der Waals surface area contributed by atoms with Crippen LogP contribution >= 0.6 is 24.0 Å². The lowest BCUT2D eigenvalue weighted by atomic mass is 10.1. The zero-order valence-electron chi connectivity index (χ0n) is 16.9. The Hall–Kier alpha value is -2.29. The average Bonchev–Trinajstić information content (AvgIpc) is 2.68. The summed E-state index contributed by atoms with van der Waals surface area (Å²) in [6, 6.07) is 15.5. The van der Waals surface area contributed by atoms with Gasteiger partial charge in [0.05, 0.1) is 7.11 Å². The molecule has 0 aliphatic rings. The fourth-order valence-corrected chi connectivity index (χ4v) is 2.70. The zero-order chi connectivity index (χ0) is 19.6. The van der Waals surface area contributed by atoms with Crippen LogP contribution in [0.3, 0.4) is 0 Å². The molecule has 0 fully saturated rings. The van der Waals surface area contributed by atoms with E-state index < -0.39 is 0 Å². The van der Waals surface area contributed by atoms with Crippen molar-refractivity contribution in [1.29, 1.82) is 0 Å². The summed E-state index contributed by atoms with van der Waals surface area (Å²) >= 11 is 0. The van der Waals surface area contributed by atoms with E-state index in [1.165, 1.54) is 0 Å². The van der Waals surface area contributed by atoms with Crippen LogP contribution in [0.2, 0.25) is 0 Å². The second kappa shape index (κ2) is 12.2. The molecule has 0 unspecified atom stereocenters. The monoisotopic (exact) mass is 496 g/mol. The molecule has 0 saturated heterocycles. The van der Waals surface area contributed by atoms with Crippen LogP contribution in [0, 0.1) is 6.92 Å². The molecule has 6 nitrogen and oxygen atoms in total. The number of nitrogens with zero attached hydrogens (tertiary/aromatic N) is 2. The Labute approximate surface area is 184 Å². The number of aliphatic imine (C=N–C) groups is 1. The van der Waals surface area contributed by atoms with E-state index in [4.69, 9.17) is 4.74 Å². The largest absolute Gasteiger partial charge is 0.497 e. The number of hydrogen-bond acceptors (Lipinski definition) is 3. The fraction of sp³-hybridized carbons (Fsp3) is 0.333. The molecule has 0 aliphatic heterocycles. The Morgan fingerprint density at radius 3 is 2.39 bits per heavy atom. The van der Waals surface area contributed by atoms with Gasteiger partial charge in [-0.1, -0.05) is 29.8 Å². The molecule has 7 heteroatoms. The molecule has 152 valence electrons. The number of hydrogen-bond donors (Lipinski definition) is 2. The molecule has 0 atom stereocenters. The van der Waals surface area contributed by atoms with E-state index in [2.05, 4.69) is 15.6 Å². The molecule has 2 aromatic carbocycles. The van der Waals surface area contributed by atoms with Gasteiger partial charge in [0.1, 0.15) is 5.75 Å². The van der Waals surface area contributed by atoms with Crippen LogP contribution in [0.1, 0.15) is 21.5 Å². The van der Waals surface area contributed by atoms with Crippen molar-refractivity contribution in [2.75, 3.05) is 34.3 Å². The predicted octanol–water partition coefficient (Wildman–Crippen LogP) is 3.06. The van der Waals surface area contributed by atoms with Crippen LogP contribution in [-0.4, -0.2) is 51.1 Å². The molecule has 0 radical (unpaired) electrons. The van der Waals surface area contributed by atoms with Crippen molar-refractivity contribution in [2.24, 2.45) is 4.99 Å². The van der Waals surface area contributed by atoms with Gasteiger partial charge >= 0.3 is 0 Å². The number of nitrogens with one attached hydrogen (secondary N) is 2. The maximum absolute atomic E-state index is 12.1. The van der Waals surface area contributed by atoms with Gasteiger partial charge in [0, 0.05) is 39.3 Å². The molecule has 0 aromatic heterocycles. The maximum Gasteiger partial charge on any atom is 0.251 e. The quantitative estimate of drug-likeness (QED) is 0.268. The van der Waals surface area contributed by atoms with Crippen molar-refractivity contribution >= 4 is 35.8 Å². The van der Waals surface area contributed by atoms with Crippen molar-refractivity contribution in [3.8, 4) is 5.75 Å². The SMILES string of the molecule is CN=C(NCCNC(=O)c1cccc(C)c1)N(C)Cc1ccc(OC)cc1.I. The number of halogens is 1. The summed E-state index contributed by atoms with van der Waals surface area (Å²) in [5.74, 6) is 1.55. The average molecular weight is 496 g/mol. The third-order valence-electron chi connectivity index (χ3n) is 4.13. The first-order valence-electron chi connectivity index (χ1n) is 8.93. The normalized spacial score (nSPS) is 10.6.